The van der Waals surface area contributed by atoms with Crippen molar-refractivity contribution in [3.8, 4) is 0 Å². The molecule has 3 aliphatic heterocycles. The summed E-state index contributed by atoms with van der Waals surface area (Å²) in [5.74, 6) is 1.09. The van der Waals surface area contributed by atoms with Crippen LogP contribution in [0.5, 0.6) is 0 Å². The molecule has 0 saturated carbocycles. The number of piperazine rings is 1. The van der Waals surface area contributed by atoms with Crippen molar-refractivity contribution >= 4 is 5.91 Å². The standard InChI is InChI=1S/C16H29N3O/c1-3-13-6-7-17-15(9-13)16(20)19-11-14-5-4-8-18(14)10-12(19)2/h12-15,17H,3-11H2,1-2H3. The molecule has 4 nitrogen and oxygen atoms in total. The van der Waals surface area contributed by atoms with Crippen LogP contribution in [0.4, 0.5) is 0 Å². The van der Waals surface area contributed by atoms with Crippen LogP contribution < -0.4 is 5.32 Å². The molecule has 3 heterocycles. The van der Waals surface area contributed by atoms with Gasteiger partial charge in [0.15, 0.2) is 0 Å². The Balaban J connectivity index is 1.63. The molecule has 1 N–H and O–H groups in total. The van der Waals surface area contributed by atoms with Crippen molar-refractivity contribution in [2.24, 2.45) is 5.92 Å². The Morgan fingerprint density at radius 1 is 1.30 bits per heavy atom. The van der Waals surface area contributed by atoms with Crippen LogP contribution in [-0.2, 0) is 4.79 Å². The van der Waals surface area contributed by atoms with Gasteiger partial charge in [0.1, 0.15) is 0 Å². The van der Waals surface area contributed by atoms with Crippen molar-refractivity contribution in [3.05, 3.63) is 0 Å². The van der Waals surface area contributed by atoms with Gasteiger partial charge >= 0.3 is 0 Å². The van der Waals surface area contributed by atoms with Crippen LogP contribution in [0.2, 0.25) is 0 Å². The molecule has 0 spiro atoms. The summed E-state index contributed by atoms with van der Waals surface area (Å²) >= 11 is 0. The summed E-state index contributed by atoms with van der Waals surface area (Å²) < 4.78 is 0. The van der Waals surface area contributed by atoms with Crippen LogP contribution >= 0.6 is 0 Å². The Labute approximate surface area is 122 Å². The topological polar surface area (TPSA) is 35.6 Å². The van der Waals surface area contributed by atoms with Gasteiger partial charge in [-0.15, -0.1) is 0 Å². The van der Waals surface area contributed by atoms with Crippen LogP contribution in [0.15, 0.2) is 0 Å². The quantitative estimate of drug-likeness (QED) is 0.831. The van der Waals surface area contributed by atoms with Crippen molar-refractivity contribution in [2.75, 3.05) is 26.2 Å². The average molecular weight is 279 g/mol. The lowest BCUT2D eigenvalue weighted by Crippen LogP contribution is -2.61. The van der Waals surface area contributed by atoms with Gasteiger partial charge in [-0.3, -0.25) is 9.69 Å². The van der Waals surface area contributed by atoms with Gasteiger partial charge in [-0.05, 0) is 51.6 Å². The second kappa shape index (κ2) is 6.02. The van der Waals surface area contributed by atoms with Crippen molar-refractivity contribution in [3.63, 3.8) is 0 Å². The first kappa shape index (κ1) is 14.3. The van der Waals surface area contributed by atoms with Crippen molar-refractivity contribution < 1.29 is 4.79 Å². The van der Waals surface area contributed by atoms with E-state index in [0.29, 0.717) is 18.0 Å². The highest BCUT2D eigenvalue weighted by molar-refractivity contribution is 5.82. The fraction of sp³-hybridized carbons (Fsp3) is 0.938. The van der Waals surface area contributed by atoms with Gasteiger partial charge in [-0.1, -0.05) is 13.3 Å². The van der Waals surface area contributed by atoms with Crippen LogP contribution in [0.1, 0.15) is 46.0 Å². The molecule has 0 aromatic rings. The Hall–Kier alpha value is -0.610. The molecule has 0 aromatic carbocycles. The summed E-state index contributed by atoms with van der Waals surface area (Å²) in [5, 5.41) is 3.46. The smallest absolute Gasteiger partial charge is 0.240 e. The normalized spacial score (nSPS) is 38.8. The van der Waals surface area contributed by atoms with Crippen LogP contribution in [0.25, 0.3) is 0 Å². The third-order valence-electron chi connectivity index (χ3n) is 5.61. The van der Waals surface area contributed by atoms with E-state index in [1.165, 1.54) is 32.2 Å². The molecule has 3 rings (SSSR count). The highest BCUT2D eigenvalue weighted by Gasteiger charge is 2.39. The zero-order chi connectivity index (χ0) is 14.1. The Morgan fingerprint density at radius 2 is 2.15 bits per heavy atom. The Kier molecular flexibility index (Phi) is 4.32. The van der Waals surface area contributed by atoms with E-state index < -0.39 is 0 Å². The van der Waals surface area contributed by atoms with Gasteiger partial charge in [-0.2, -0.15) is 0 Å². The van der Waals surface area contributed by atoms with Crippen LogP contribution in [0.3, 0.4) is 0 Å². The van der Waals surface area contributed by atoms with E-state index in [0.717, 1.165) is 32.0 Å². The molecule has 0 aliphatic carbocycles. The maximum atomic E-state index is 12.9. The van der Waals surface area contributed by atoms with E-state index in [4.69, 9.17) is 0 Å². The minimum atomic E-state index is 0.0732. The maximum absolute atomic E-state index is 12.9. The number of hydrogen-bond acceptors (Lipinski definition) is 3. The number of piperidine rings is 1. The van der Waals surface area contributed by atoms with Crippen LogP contribution in [0, 0.1) is 5.92 Å². The van der Waals surface area contributed by atoms with E-state index in [1.807, 2.05) is 0 Å². The third kappa shape index (κ3) is 2.73. The zero-order valence-corrected chi connectivity index (χ0v) is 13.0. The van der Waals surface area contributed by atoms with E-state index in [9.17, 15) is 4.79 Å². The Morgan fingerprint density at radius 3 is 2.95 bits per heavy atom. The molecule has 114 valence electrons. The van der Waals surface area contributed by atoms with E-state index >= 15 is 0 Å². The Bertz CT molecular complexity index is 360. The summed E-state index contributed by atoms with van der Waals surface area (Å²) in [6.45, 7) is 8.72. The molecular weight excluding hydrogens is 250 g/mol. The minimum Gasteiger partial charge on any atom is -0.336 e. The number of amides is 1. The maximum Gasteiger partial charge on any atom is 0.240 e. The zero-order valence-electron chi connectivity index (χ0n) is 13.0. The first-order chi connectivity index (χ1) is 9.69. The van der Waals surface area contributed by atoms with Gasteiger partial charge < -0.3 is 10.2 Å². The van der Waals surface area contributed by atoms with E-state index in [2.05, 4.69) is 29.0 Å². The van der Waals surface area contributed by atoms with Crippen molar-refractivity contribution in [2.45, 2.75) is 64.1 Å². The second-order valence-corrected chi connectivity index (χ2v) is 6.94. The molecule has 0 aromatic heterocycles. The molecule has 4 heteroatoms. The van der Waals surface area contributed by atoms with E-state index in [-0.39, 0.29) is 6.04 Å². The number of carbonyl (C=O) groups excluding carboxylic acids is 1. The lowest BCUT2D eigenvalue weighted by atomic mass is 9.89. The molecule has 3 fully saturated rings. The molecule has 4 unspecified atom stereocenters. The molecule has 20 heavy (non-hydrogen) atoms. The number of fused-ring (bicyclic) bond motifs is 1. The number of carbonyl (C=O) groups is 1. The first-order valence-corrected chi connectivity index (χ1v) is 8.47. The average Bonchev–Trinajstić information content (AvgIpc) is 2.92. The second-order valence-electron chi connectivity index (χ2n) is 6.94. The fourth-order valence-corrected chi connectivity index (χ4v) is 4.25. The third-order valence-corrected chi connectivity index (χ3v) is 5.61. The fourth-order valence-electron chi connectivity index (χ4n) is 4.25. The molecule has 0 bridgehead atoms. The number of rotatable bonds is 2. The predicted octanol–water partition coefficient (Wildman–Crippen LogP) is 1.46. The molecule has 3 saturated heterocycles. The lowest BCUT2D eigenvalue weighted by molar-refractivity contribution is -0.140. The molecule has 0 radical (unpaired) electrons. The van der Waals surface area contributed by atoms with Gasteiger partial charge in [0, 0.05) is 25.2 Å². The van der Waals surface area contributed by atoms with Crippen LogP contribution in [-0.4, -0.2) is 60.0 Å². The summed E-state index contributed by atoms with van der Waals surface area (Å²) in [4.78, 5) is 17.6. The molecule has 3 aliphatic rings. The number of hydrogen-bond donors (Lipinski definition) is 1. The van der Waals surface area contributed by atoms with Gasteiger partial charge in [0.05, 0.1) is 6.04 Å². The summed E-state index contributed by atoms with van der Waals surface area (Å²) in [6.07, 6.45) is 6.04. The van der Waals surface area contributed by atoms with Crippen molar-refractivity contribution in [1.82, 2.24) is 15.1 Å². The number of nitrogens with one attached hydrogen (secondary N) is 1. The molecular formula is C16H29N3O. The summed E-state index contributed by atoms with van der Waals surface area (Å²) in [6, 6.07) is 1.07. The van der Waals surface area contributed by atoms with E-state index in [1.54, 1.807) is 0 Å². The summed E-state index contributed by atoms with van der Waals surface area (Å²) in [5.41, 5.74) is 0. The predicted molar refractivity (Wildman–Crippen MR) is 80.6 cm³/mol. The molecule has 4 atom stereocenters. The minimum absolute atomic E-state index is 0.0732. The SMILES string of the molecule is CCC1CCNC(C(=O)N2CC3CCCN3CC2C)C1. The van der Waals surface area contributed by atoms with Gasteiger partial charge in [0.2, 0.25) is 5.91 Å². The van der Waals surface area contributed by atoms with Gasteiger partial charge in [0.25, 0.3) is 0 Å². The highest BCUT2D eigenvalue weighted by atomic mass is 16.2. The summed E-state index contributed by atoms with van der Waals surface area (Å²) in [7, 11) is 0. The monoisotopic (exact) mass is 279 g/mol. The first-order valence-electron chi connectivity index (χ1n) is 8.47. The number of nitrogens with zero attached hydrogens (tertiary/aromatic N) is 2. The van der Waals surface area contributed by atoms with Crippen molar-refractivity contribution in [1.29, 1.82) is 0 Å². The lowest BCUT2D eigenvalue weighted by Gasteiger charge is -2.44. The molecule has 1 amide bonds. The largest absolute Gasteiger partial charge is 0.336 e. The van der Waals surface area contributed by atoms with Gasteiger partial charge in [-0.25, -0.2) is 0 Å². The highest BCUT2D eigenvalue weighted by Crippen LogP contribution is 2.27.